The van der Waals surface area contributed by atoms with Gasteiger partial charge >= 0.3 is 0 Å². The summed E-state index contributed by atoms with van der Waals surface area (Å²) in [7, 11) is -3.87. The van der Waals surface area contributed by atoms with Crippen molar-refractivity contribution in [1.29, 1.82) is 0 Å². The Kier molecular flexibility index (Phi) is 9.21. The van der Waals surface area contributed by atoms with Crippen LogP contribution in [0.5, 0.6) is 5.75 Å². The minimum absolute atomic E-state index is 0.0598. The first kappa shape index (κ1) is 25.1. The number of hydrogen-bond acceptors (Lipinski definition) is 7. The number of nitrogens with zero attached hydrogens (tertiary/aromatic N) is 1. The van der Waals surface area contributed by atoms with Crippen LogP contribution >= 0.6 is 0 Å². The highest BCUT2D eigenvalue weighted by Crippen LogP contribution is 2.18. The van der Waals surface area contributed by atoms with Crippen LogP contribution in [0.2, 0.25) is 0 Å². The molecule has 1 aliphatic rings. The minimum Gasteiger partial charge on any atom is -0.489 e. The number of carbonyl (C=O) groups is 1. The molecule has 1 saturated heterocycles. The third-order valence-corrected chi connectivity index (χ3v) is 6.89. The van der Waals surface area contributed by atoms with Crippen LogP contribution in [-0.2, 0) is 26.2 Å². The number of aryl methyl sites for hydroxylation is 1. The number of rotatable bonds is 9. The van der Waals surface area contributed by atoms with Gasteiger partial charge in [0.1, 0.15) is 18.4 Å². The number of benzene rings is 2. The van der Waals surface area contributed by atoms with Gasteiger partial charge < -0.3 is 9.47 Å². The summed E-state index contributed by atoms with van der Waals surface area (Å²) in [5, 5.41) is 9.14. The molecule has 1 heterocycles. The van der Waals surface area contributed by atoms with Crippen LogP contribution in [0.1, 0.15) is 24.0 Å². The Hall–Kier alpha value is -2.50. The van der Waals surface area contributed by atoms with Crippen LogP contribution in [0.3, 0.4) is 0 Å². The molecule has 1 unspecified atom stereocenters. The van der Waals surface area contributed by atoms with E-state index in [-0.39, 0.29) is 11.4 Å². The maximum atomic E-state index is 12.8. The minimum atomic E-state index is -3.87. The van der Waals surface area contributed by atoms with Gasteiger partial charge in [-0.25, -0.2) is 18.6 Å². The van der Waals surface area contributed by atoms with Crippen molar-refractivity contribution in [2.45, 2.75) is 37.3 Å². The van der Waals surface area contributed by atoms with Crippen molar-refractivity contribution in [3.8, 4) is 5.75 Å². The van der Waals surface area contributed by atoms with Gasteiger partial charge in [-0.3, -0.25) is 14.9 Å². The molecule has 1 amide bonds. The van der Waals surface area contributed by atoms with E-state index in [0.29, 0.717) is 38.7 Å². The van der Waals surface area contributed by atoms with Crippen molar-refractivity contribution in [2.24, 2.45) is 0 Å². The number of carbonyl (C=O) groups excluding carboxylic acids is 1. The highest BCUT2D eigenvalue weighted by Gasteiger charge is 2.28. The van der Waals surface area contributed by atoms with Gasteiger partial charge in [0.05, 0.1) is 11.5 Å². The van der Waals surface area contributed by atoms with Crippen LogP contribution in [0.25, 0.3) is 0 Å². The smallest absolute Gasteiger partial charge is 0.262 e. The molecule has 3 rings (SSSR count). The number of ether oxygens (including phenoxy) is 2. The zero-order valence-electron chi connectivity index (χ0n) is 18.7. The quantitative estimate of drug-likeness (QED) is 0.373. The summed E-state index contributed by atoms with van der Waals surface area (Å²) in [6, 6.07) is 13.2. The van der Waals surface area contributed by atoms with Gasteiger partial charge in [-0.2, -0.15) is 0 Å². The summed E-state index contributed by atoms with van der Waals surface area (Å²) in [5.74, 6) is -0.119. The summed E-state index contributed by atoms with van der Waals surface area (Å²) in [4.78, 5) is 14.1. The van der Waals surface area contributed by atoms with Crippen molar-refractivity contribution < 1.29 is 27.9 Å². The molecule has 0 saturated carbocycles. The molecule has 33 heavy (non-hydrogen) atoms. The average molecular weight is 478 g/mol. The van der Waals surface area contributed by atoms with Crippen molar-refractivity contribution >= 4 is 15.9 Å². The number of hydroxylamine groups is 1. The van der Waals surface area contributed by atoms with Gasteiger partial charge in [-0.05, 0) is 56.1 Å². The molecular formula is C23H31N3O6S. The van der Waals surface area contributed by atoms with Gasteiger partial charge in [0.25, 0.3) is 5.91 Å². The molecule has 0 aliphatic carbocycles. The third-order valence-electron chi connectivity index (χ3n) is 5.45. The fourth-order valence-corrected chi connectivity index (χ4v) is 4.68. The topological polar surface area (TPSA) is 117 Å². The summed E-state index contributed by atoms with van der Waals surface area (Å²) in [6.45, 7) is 4.38. The lowest BCUT2D eigenvalue weighted by Gasteiger charge is -2.31. The van der Waals surface area contributed by atoms with E-state index in [2.05, 4.69) is 4.72 Å². The number of hydrogen-bond donors (Lipinski definition) is 3. The number of nitrogens with one attached hydrogen (secondary N) is 2. The molecule has 1 fully saturated rings. The fourth-order valence-electron chi connectivity index (χ4n) is 3.64. The Labute approximate surface area is 194 Å². The zero-order valence-corrected chi connectivity index (χ0v) is 19.5. The molecule has 3 N–H and O–H groups in total. The second kappa shape index (κ2) is 12.1. The normalized spacial score (nSPS) is 16.4. The van der Waals surface area contributed by atoms with E-state index >= 15 is 0 Å². The largest absolute Gasteiger partial charge is 0.489 e. The zero-order chi connectivity index (χ0) is 23.7. The summed E-state index contributed by atoms with van der Waals surface area (Å²) >= 11 is 0. The first-order chi connectivity index (χ1) is 15.9. The predicted molar refractivity (Wildman–Crippen MR) is 122 cm³/mol. The standard InChI is InChI=1S/C23H31N3O6S/c1-18-5-4-6-19(15-18)17-32-20-7-9-21(10-8-20)33(29,30)24-16-22(23(27)25-28)26-11-2-3-13-31-14-12-26/h4-10,15,22,24,28H,2-3,11-14,16-17H2,1H3,(H,25,27). The van der Waals surface area contributed by atoms with Gasteiger partial charge in [-0.15, -0.1) is 0 Å². The molecular weight excluding hydrogens is 446 g/mol. The van der Waals surface area contributed by atoms with E-state index in [1.165, 1.54) is 12.1 Å². The van der Waals surface area contributed by atoms with Crippen molar-refractivity contribution in [3.05, 3.63) is 59.7 Å². The lowest BCUT2D eigenvalue weighted by Crippen LogP contribution is -2.53. The highest BCUT2D eigenvalue weighted by atomic mass is 32.2. The lowest BCUT2D eigenvalue weighted by molar-refractivity contribution is -0.135. The molecule has 10 heteroatoms. The summed E-state index contributed by atoms with van der Waals surface area (Å²) in [6.07, 6.45) is 1.67. The Morgan fingerprint density at radius 3 is 2.67 bits per heavy atom. The van der Waals surface area contributed by atoms with Gasteiger partial charge in [0, 0.05) is 19.7 Å². The van der Waals surface area contributed by atoms with Gasteiger partial charge in [-0.1, -0.05) is 29.8 Å². The van der Waals surface area contributed by atoms with Crippen molar-refractivity contribution in [2.75, 3.05) is 32.8 Å². The first-order valence-electron chi connectivity index (χ1n) is 10.9. The second-order valence-corrected chi connectivity index (χ2v) is 9.72. The van der Waals surface area contributed by atoms with E-state index in [1.54, 1.807) is 17.6 Å². The van der Waals surface area contributed by atoms with Crippen LogP contribution in [0.4, 0.5) is 0 Å². The maximum Gasteiger partial charge on any atom is 0.262 e. The molecule has 2 aromatic carbocycles. The Morgan fingerprint density at radius 1 is 1.15 bits per heavy atom. The SMILES string of the molecule is Cc1cccc(COc2ccc(S(=O)(=O)NCC(C(=O)NO)N3CCCCOCC3)cc2)c1. The maximum absolute atomic E-state index is 12.8. The van der Waals surface area contributed by atoms with Crippen LogP contribution < -0.4 is 14.9 Å². The second-order valence-electron chi connectivity index (χ2n) is 7.95. The molecule has 0 radical (unpaired) electrons. The third kappa shape index (κ3) is 7.51. The first-order valence-corrected chi connectivity index (χ1v) is 12.4. The molecule has 0 aromatic heterocycles. The Bertz CT molecular complexity index is 1010. The molecule has 0 spiro atoms. The molecule has 0 bridgehead atoms. The average Bonchev–Trinajstić information content (AvgIpc) is 2.79. The van der Waals surface area contributed by atoms with Crippen molar-refractivity contribution in [1.82, 2.24) is 15.1 Å². The molecule has 2 aromatic rings. The van der Waals surface area contributed by atoms with Gasteiger partial charge in [0.2, 0.25) is 10.0 Å². The predicted octanol–water partition coefficient (Wildman–Crippen LogP) is 1.84. The van der Waals surface area contributed by atoms with Gasteiger partial charge in [0.15, 0.2) is 0 Å². The van der Waals surface area contributed by atoms with Crippen LogP contribution in [-0.4, -0.2) is 63.3 Å². The molecule has 9 nitrogen and oxygen atoms in total. The highest BCUT2D eigenvalue weighted by molar-refractivity contribution is 7.89. The summed E-state index contributed by atoms with van der Waals surface area (Å²) in [5.41, 5.74) is 3.80. The van der Waals surface area contributed by atoms with Crippen LogP contribution in [0.15, 0.2) is 53.4 Å². The fraction of sp³-hybridized carbons (Fsp3) is 0.435. The van der Waals surface area contributed by atoms with E-state index in [9.17, 15) is 13.2 Å². The Morgan fingerprint density at radius 2 is 1.94 bits per heavy atom. The number of amides is 1. The van der Waals surface area contributed by atoms with Crippen LogP contribution in [0, 0.1) is 6.92 Å². The molecule has 1 aliphatic heterocycles. The number of sulfonamides is 1. The monoisotopic (exact) mass is 477 g/mol. The van der Waals surface area contributed by atoms with E-state index < -0.39 is 22.0 Å². The summed E-state index contributed by atoms with van der Waals surface area (Å²) < 4.78 is 39.3. The molecule has 1 atom stereocenters. The van der Waals surface area contributed by atoms with E-state index in [0.717, 1.165) is 24.0 Å². The van der Waals surface area contributed by atoms with Crippen molar-refractivity contribution in [3.63, 3.8) is 0 Å². The van der Waals surface area contributed by atoms with E-state index in [1.807, 2.05) is 36.1 Å². The Balaban J connectivity index is 1.61. The molecule has 180 valence electrons. The van der Waals surface area contributed by atoms with E-state index in [4.69, 9.17) is 14.7 Å². The lowest BCUT2D eigenvalue weighted by atomic mass is 10.1.